The number of carboxylic acids is 1. The Bertz CT molecular complexity index is 632. The van der Waals surface area contributed by atoms with Crippen LogP contribution >= 0.6 is 0 Å². The standard InChI is InChI=1S/C14H13NO4/c1-8-2-3-9-4-5-10(6-12(9)18-8)11-7-13(14(16)17)19-15-11/h4-8H,2-3H2,1H3,(H,16,17). The average Bonchev–Trinajstić information content (AvgIpc) is 2.87. The second kappa shape index (κ2) is 4.42. The zero-order valence-electron chi connectivity index (χ0n) is 10.4. The highest BCUT2D eigenvalue weighted by molar-refractivity contribution is 5.85. The molecular formula is C14H13NO4. The van der Waals surface area contributed by atoms with Crippen molar-refractivity contribution >= 4 is 5.97 Å². The molecular weight excluding hydrogens is 246 g/mol. The molecule has 5 nitrogen and oxygen atoms in total. The third kappa shape index (κ3) is 2.19. The summed E-state index contributed by atoms with van der Waals surface area (Å²) in [4.78, 5) is 10.8. The number of ether oxygens (including phenoxy) is 1. The van der Waals surface area contributed by atoms with Gasteiger partial charge in [-0.15, -0.1) is 0 Å². The maximum absolute atomic E-state index is 10.8. The van der Waals surface area contributed by atoms with E-state index in [4.69, 9.17) is 14.4 Å². The molecule has 19 heavy (non-hydrogen) atoms. The van der Waals surface area contributed by atoms with E-state index in [0.29, 0.717) is 5.69 Å². The summed E-state index contributed by atoms with van der Waals surface area (Å²) in [7, 11) is 0. The Hall–Kier alpha value is -2.30. The predicted octanol–water partition coefficient (Wildman–Crippen LogP) is 2.75. The van der Waals surface area contributed by atoms with Gasteiger partial charge in [-0.2, -0.15) is 0 Å². The van der Waals surface area contributed by atoms with Gasteiger partial charge >= 0.3 is 5.97 Å². The fourth-order valence-electron chi connectivity index (χ4n) is 2.18. The van der Waals surface area contributed by atoms with E-state index in [1.807, 2.05) is 25.1 Å². The molecule has 3 rings (SSSR count). The summed E-state index contributed by atoms with van der Waals surface area (Å²) in [5.41, 5.74) is 2.47. The summed E-state index contributed by atoms with van der Waals surface area (Å²) in [6, 6.07) is 7.19. The summed E-state index contributed by atoms with van der Waals surface area (Å²) in [6.07, 6.45) is 2.21. The average molecular weight is 259 g/mol. The predicted molar refractivity (Wildman–Crippen MR) is 67.3 cm³/mol. The lowest BCUT2D eigenvalue weighted by molar-refractivity contribution is 0.0652. The van der Waals surface area contributed by atoms with Gasteiger partial charge in [0.25, 0.3) is 0 Å². The lowest BCUT2D eigenvalue weighted by Gasteiger charge is -2.23. The number of carbonyl (C=O) groups is 1. The Labute approximate surface area is 109 Å². The fraction of sp³-hybridized carbons (Fsp3) is 0.286. The van der Waals surface area contributed by atoms with Crippen LogP contribution in [0.1, 0.15) is 29.5 Å². The largest absolute Gasteiger partial charge is 0.490 e. The van der Waals surface area contributed by atoms with Crippen molar-refractivity contribution in [3.05, 3.63) is 35.6 Å². The van der Waals surface area contributed by atoms with Crippen molar-refractivity contribution in [2.75, 3.05) is 0 Å². The van der Waals surface area contributed by atoms with E-state index in [1.54, 1.807) is 0 Å². The fourth-order valence-corrected chi connectivity index (χ4v) is 2.18. The van der Waals surface area contributed by atoms with Crippen LogP contribution in [0.3, 0.4) is 0 Å². The topological polar surface area (TPSA) is 72.6 Å². The van der Waals surface area contributed by atoms with Gasteiger partial charge in [0.15, 0.2) is 0 Å². The van der Waals surface area contributed by atoms with Crippen LogP contribution in [0.2, 0.25) is 0 Å². The number of rotatable bonds is 2. The van der Waals surface area contributed by atoms with Crippen LogP contribution in [0.25, 0.3) is 11.3 Å². The van der Waals surface area contributed by atoms with Crippen molar-refractivity contribution in [3.8, 4) is 17.0 Å². The number of aromatic nitrogens is 1. The van der Waals surface area contributed by atoms with Gasteiger partial charge in [0.05, 0.1) is 6.10 Å². The van der Waals surface area contributed by atoms with Crippen molar-refractivity contribution in [3.63, 3.8) is 0 Å². The molecule has 0 spiro atoms. The molecule has 1 N–H and O–H groups in total. The van der Waals surface area contributed by atoms with E-state index in [0.717, 1.165) is 24.2 Å². The molecule has 0 saturated heterocycles. The molecule has 0 amide bonds. The maximum atomic E-state index is 10.8. The molecule has 0 radical (unpaired) electrons. The minimum Gasteiger partial charge on any atom is -0.490 e. The van der Waals surface area contributed by atoms with Crippen molar-refractivity contribution in [1.29, 1.82) is 0 Å². The molecule has 98 valence electrons. The van der Waals surface area contributed by atoms with Crippen LogP contribution in [0.15, 0.2) is 28.8 Å². The van der Waals surface area contributed by atoms with Gasteiger partial charge in [-0.05, 0) is 31.4 Å². The number of nitrogens with zero attached hydrogens (tertiary/aromatic N) is 1. The lowest BCUT2D eigenvalue weighted by Crippen LogP contribution is -2.18. The lowest BCUT2D eigenvalue weighted by atomic mass is 10.00. The van der Waals surface area contributed by atoms with Crippen molar-refractivity contribution in [2.45, 2.75) is 25.9 Å². The van der Waals surface area contributed by atoms with Crippen LogP contribution in [-0.4, -0.2) is 22.3 Å². The number of benzene rings is 1. The van der Waals surface area contributed by atoms with E-state index >= 15 is 0 Å². The van der Waals surface area contributed by atoms with Crippen molar-refractivity contribution in [1.82, 2.24) is 5.16 Å². The van der Waals surface area contributed by atoms with Crippen LogP contribution in [0.4, 0.5) is 0 Å². The monoisotopic (exact) mass is 259 g/mol. The highest BCUT2D eigenvalue weighted by Crippen LogP contribution is 2.32. The van der Waals surface area contributed by atoms with Gasteiger partial charge in [-0.25, -0.2) is 4.79 Å². The van der Waals surface area contributed by atoms with Crippen molar-refractivity contribution in [2.24, 2.45) is 0 Å². The molecule has 1 unspecified atom stereocenters. The number of hydrogen-bond donors (Lipinski definition) is 1. The van der Waals surface area contributed by atoms with Gasteiger partial charge in [-0.3, -0.25) is 0 Å². The molecule has 1 aliphatic rings. The third-order valence-electron chi connectivity index (χ3n) is 3.23. The minimum absolute atomic E-state index is 0.165. The van der Waals surface area contributed by atoms with Crippen molar-refractivity contribution < 1.29 is 19.2 Å². The first kappa shape index (κ1) is 11.8. The summed E-state index contributed by atoms with van der Waals surface area (Å²) in [5, 5.41) is 12.6. The Morgan fingerprint density at radius 1 is 1.42 bits per heavy atom. The highest BCUT2D eigenvalue weighted by atomic mass is 16.5. The number of aromatic carboxylic acids is 1. The van der Waals surface area contributed by atoms with Crippen LogP contribution < -0.4 is 4.74 Å². The molecule has 2 heterocycles. The van der Waals surface area contributed by atoms with Gasteiger partial charge in [0.1, 0.15) is 11.4 Å². The molecule has 1 aromatic heterocycles. The Kier molecular flexibility index (Phi) is 2.74. The molecule has 0 aliphatic carbocycles. The van der Waals surface area contributed by atoms with Gasteiger partial charge < -0.3 is 14.4 Å². The smallest absolute Gasteiger partial charge is 0.374 e. The first-order chi connectivity index (χ1) is 9.13. The van der Waals surface area contributed by atoms with E-state index in [-0.39, 0.29) is 11.9 Å². The van der Waals surface area contributed by atoms with Gasteiger partial charge in [0.2, 0.25) is 5.76 Å². The second-order valence-electron chi connectivity index (χ2n) is 4.67. The molecule has 2 aromatic rings. The van der Waals surface area contributed by atoms with Crippen LogP contribution in [-0.2, 0) is 6.42 Å². The zero-order valence-corrected chi connectivity index (χ0v) is 10.4. The number of hydrogen-bond acceptors (Lipinski definition) is 4. The normalized spacial score (nSPS) is 17.6. The molecule has 0 saturated carbocycles. The summed E-state index contributed by atoms with van der Waals surface area (Å²) >= 11 is 0. The summed E-state index contributed by atoms with van der Waals surface area (Å²) < 4.78 is 10.5. The van der Waals surface area contributed by atoms with Gasteiger partial charge in [-0.1, -0.05) is 17.3 Å². The number of aryl methyl sites for hydroxylation is 1. The number of fused-ring (bicyclic) bond motifs is 1. The Balaban J connectivity index is 1.96. The molecule has 5 heteroatoms. The van der Waals surface area contributed by atoms with E-state index < -0.39 is 5.97 Å². The molecule has 1 aliphatic heterocycles. The highest BCUT2D eigenvalue weighted by Gasteiger charge is 2.18. The Morgan fingerprint density at radius 2 is 2.26 bits per heavy atom. The second-order valence-corrected chi connectivity index (χ2v) is 4.67. The van der Waals surface area contributed by atoms with Crippen LogP contribution in [0, 0.1) is 0 Å². The molecule has 1 atom stereocenters. The third-order valence-corrected chi connectivity index (χ3v) is 3.23. The van der Waals surface area contributed by atoms with E-state index in [1.165, 1.54) is 11.6 Å². The molecule has 0 bridgehead atoms. The zero-order chi connectivity index (χ0) is 13.4. The first-order valence-corrected chi connectivity index (χ1v) is 6.13. The van der Waals surface area contributed by atoms with Crippen LogP contribution in [0.5, 0.6) is 5.75 Å². The summed E-state index contributed by atoms with van der Waals surface area (Å²) in [5.74, 6) is -0.445. The minimum atomic E-state index is -1.12. The van der Waals surface area contributed by atoms with E-state index in [2.05, 4.69) is 5.16 Å². The SMILES string of the molecule is CC1CCc2ccc(-c3cc(C(=O)O)on3)cc2O1. The number of carboxylic acid groups (broad SMARTS) is 1. The quantitative estimate of drug-likeness (QED) is 0.897. The summed E-state index contributed by atoms with van der Waals surface area (Å²) in [6.45, 7) is 2.04. The molecule has 0 fully saturated rings. The maximum Gasteiger partial charge on any atom is 0.374 e. The molecule has 1 aromatic carbocycles. The van der Waals surface area contributed by atoms with E-state index in [9.17, 15) is 4.79 Å². The van der Waals surface area contributed by atoms with Gasteiger partial charge in [0, 0.05) is 11.6 Å². The Morgan fingerprint density at radius 3 is 3.00 bits per heavy atom. The first-order valence-electron chi connectivity index (χ1n) is 6.13.